The number of nitrogens with zero attached hydrogens (tertiary/aromatic N) is 1. The molecule has 5 heteroatoms. The summed E-state index contributed by atoms with van der Waals surface area (Å²) in [5, 5.41) is 2.80. The van der Waals surface area contributed by atoms with E-state index in [1.165, 1.54) is 0 Å². The van der Waals surface area contributed by atoms with Gasteiger partial charge in [0.25, 0.3) is 5.91 Å². The van der Waals surface area contributed by atoms with Crippen molar-refractivity contribution in [2.24, 2.45) is 0 Å². The van der Waals surface area contributed by atoms with Crippen molar-refractivity contribution < 1.29 is 4.79 Å². The maximum atomic E-state index is 12.2. The van der Waals surface area contributed by atoms with Gasteiger partial charge >= 0.3 is 0 Å². The lowest BCUT2D eigenvalue weighted by molar-refractivity contribution is 0.102. The molecule has 0 aliphatic carbocycles. The van der Waals surface area contributed by atoms with Crippen LogP contribution in [-0.2, 0) is 0 Å². The van der Waals surface area contributed by atoms with Crippen LogP contribution >= 0.6 is 15.9 Å². The molecule has 4 nitrogen and oxygen atoms in total. The number of hydrogen-bond donors (Lipinski definition) is 2. The van der Waals surface area contributed by atoms with E-state index in [0.717, 1.165) is 15.6 Å². The van der Waals surface area contributed by atoms with Crippen molar-refractivity contribution in [2.75, 3.05) is 11.1 Å². The van der Waals surface area contributed by atoms with Gasteiger partial charge in [0.15, 0.2) is 0 Å². The predicted molar refractivity (Wildman–Crippen MR) is 80.2 cm³/mol. The number of anilines is 2. The topological polar surface area (TPSA) is 68.0 Å². The number of pyridine rings is 1. The van der Waals surface area contributed by atoms with Crippen molar-refractivity contribution in [1.82, 2.24) is 4.98 Å². The largest absolute Gasteiger partial charge is 0.398 e. The van der Waals surface area contributed by atoms with Crippen molar-refractivity contribution in [1.29, 1.82) is 0 Å². The fourth-order valence-electron chi connectivity index (χ4n) is 1.75. The highest BCUT2D eigenvalue weighted by Gasteiger charge is 2.12. The van der Waals surface area contributed by atoms with Gasteiger partial charge < -0.3 is 11.1 Å². The van der Waals surface area contributed by atoms with E-state index in [-0.39, 0.29) is 5.91 Å². The Hall–Kier alpha value is -1.88. The second-order valence-electron chi connectivity index (χ2n) is 4.29. The molecule has 2 rings (SSSR count). The number of benzene rings is 1. The maximum Gasteiger partial charge on any atom is 0.257 e. The maximum absolute atomic E-state index is 12.2. The van der Waals surface area contributed by atoms with E-state index in [0.29, 0.717) is 17.1 Å². The van der Waals surface area contributed by atoms with Crippen LogP contribution in [0.4, 0.5) is 11.5 Å². The summed E-state index contributed by atoms with van der Waals surface area (Å²) in [6.45, 7) is 3.71. The molecule has 19 heavy (non-hydrogen) atoms. The van der Waals surface area contributed by atoms with Gasteiger partial charge in [0.05, 0.1) is 0 Å². The van der Waals surface area contributed by atoms with E-state index >= 15 is 0 Å². The van der Waals surface area contributed by atoms with E-state index in [9.17, 15) is 4.79 Å². The smallest absolute Gasteiger partial charge is 0.257 e. The van der Waals surface area contributed by atoms with Crippen molar-refractivity contribution in [3.63, 3.8) is 0 Å². The third-order valence-corrected chi connectivity index (χ3v) is 3.33. The normalized spacial score (nSPS) is 10.3. The zero-order valence-electron chi connectivity index (χ0n) is 10.7. The first kappa shape index (κ1) is 13.5. The average Bonchev–Trinajstić information content (AvgIpc) is 2.36. The molecule has 98 valence electrons. The summed E-state index contributed by atoms with van der Waals surface area (Å²) < 4.78 is 0.878. The van der Waals surface area contributed by atoms with Crippen LogP contribution in [0.1, 0.15) is 21.5 Å². The number of nitrogen functional groups attached to an aromatic ring is 1. The first-order chi connectivity index (χ1) is 8.99. The van der Waals surface area contributed by atoms with Gasteiger partial charge in [-0.25, -0.2) is 4.98 Å². The lowest BCUT2D eigenvalue weighted by Gasteiger charge is -2.10. The monoisotopic (exact) mass is 319 g/mol. The molecule has 0 radical (unpaired) electrons. The molecule has 0 bridgehead atoms. The molecule has 0 atom stereocenters. The standard InChI is InChI=1S/C14H14BrN3O/c1-8-6-10(15)7-17-13(8)18-14(19)11-4-3-5-12(16)9(11)2/h3-7H,16H2,1-2H3,(H,17,18,19). The summed E-state index contributed by atoms with van der Waals surface area (Å²) in [6, 6.07) is 7.18. The summed E-state index contributed by atoms with van der Waals surface area (Å²) in [4.78, 5) is 16.4. The van der Waals surface area contributed by atoms with Crippen LogP contribution in [0.15, 0.2) is 34.9 Å². The Kier molecular flexibility index (Phi) is 3.85. The highest BCUT2D eigenvalue weighted by atomic mass is 79.9. The Morgan fingerprint density at radius 2 is 2.11 bits per heavy atom. The quantitative estimate of drug-likeness (QED) is 0.834. The lowest BCUT2D eigenvalue weighted by atomic mass is 10.1. The van der Waals surface area contributed by atoms with E-state index in [2.05, 4.69) is 26.2 Å². The number of carbonyl (C=O) groups is 1. The number of amides is 1. The molecule has 0 unspecified atom stereocenters. The Morgan fingerprint density at radius 1 is 1.37 bits per heavy atom. The van der Waals surface area contributed by atoms with E-state index in [4.69, 9.17) is 5.73 Å². The second-order valence-corrected chi connectivity index (χ2v) is 5.21. The van der Waals surface area contributed by atoms with Crippen molar-refractivity contribution >= 4 is 33.3 Å². The van der Waals surface area contributed by atoms with Crippen LogP contribution < -0.4 is 11.1 Å². The van der Waals surface area contributed by atoms with Gasteiger partial charge in [-0.2, -0.15) is 0 Å². The van der Waals surface area contributed by atoms with Crippen LogP contribution in [0.2, 0.25) is 0 Å². The van der Waals surface area contributed by atoms with E-state index < -0.39 is 0 Å². The molecule has 0 spiro atoms. The Labute approximate surface area is 120 Å². The minimum absolute atomic E-state index is 0.206. The van der Waals surface area contributed by atoms with Gasteiger partial charge in [0.1, 0.15) is 5.82 Å². The van der Waals surface area contributed by atoms with Gasteiger partial charge in [-0.3, -0.25) is 4.79 Å². The van der Waals surface area contributed by atoms with Crippen LogP contribution in [-0.4, -0.2) is 10.9 Å². The molecular formula is C14H14BrN3O. The van der Waals surface area contributed by atoms with Crippen LogP contribution in [0.5, 0.6) is 0 Å². The SMILES string of the molecule is Cc1cc(Br)cnc1NC(=O)c1cccc(N)c1C. The van der Waals surface area contributed by atoms with Gasteiger partial charge in [0.2, 0.25) is 0 Å². The Bertz CT molecular complexity index is 641. The first-order valence-corrected chi connectivity index (χ1v) is 6.57. The molecule has 1 amide bonds. The summed E-state index contributed by atoms with van der Waals surface area (Å²) in [6.07, 6.45) is 1.65. The molecule has 0 fully saturated rings. The number of aryl methyl sites for hydroxylation is 1. The van der Waals surface area contributed by atoms with E-state index in [1.54, 1.807) is 24.4 Å². The number of nitrogens with two attached hydrogens (primary N) is 1. The molecular weight excluding hydrogens is 306 g/mol. The number of rotatable bonds is 2. The van der Waals surface area contributed by atoms with Crippen LogP contribution in [0.3, 0.4) is 0 Å². The van der Waals surface area contributed by atoms with Gasteiger partial charge in [-0.1, -0.05) is 6.07 Å². The van der Waals surface area contributed by atoms with Crippen LogP contribution in [0.25, 0.3) is 0 Å². The number of halogens is 1. The second kappa shape index (κ2) is 5.40. The molecule has 0 saturated heterocycles. The highest BCUT2D eigenvalue weighted by molar-refractivity contribution is 9.10. The zero-order chi connectivity index (χ0) is 14.0. The van der Waals surface area contributed by atoms with Gasteiger partial charge in [-0.05, 0) is 59.1 Å². The predicted octanol–water partition coefficient (Wildman–Crippen LogP) is 3.30. The van der Waals surface area contributed by atoms with Crippen molar-refractivity contribution in [3.05, 3.63) is 51.6 Å². The van der Waals surface area contributed by atoms with Crippen molar-refractivity contribution in [3.8, 4) is 0 Å². The summed E-state index contributed by atoms with van der Waals surface area (Å²) in [5.74, 6) is 0.345. The summed E-state index contributed by atoms with van der Waals surface area (Å²) in [5.41, 5.74) is 8.63. The molecule has 2 aromatic rings. The number of carbonyl (C=O) groups excluding carboxylic acids is 1. The number of hydrogen-bond acceptors (Lipinski definition) is 3. The minimum Gasteiger partial charge on any atom is -0.398 e. The molecule has 3 N–H and O–H groups in total. The molecule has 1 aromatic carbocycles. The Balaban J connectivity index is 2.28. The van der Waals surface area contributed by atoms with Gasteiger partial charge in [-0.15, -0.1) is 0 Å². The molecule has 0 aliphatic rings. The van der Waals surface area contributed by atoms with Gasteiger partial charge in [0, 0.05) is 21.9 Å². The zero-order valence-corrected chi connectivity index (χ0v) is 12.3. The minimum atomic E-state index is -0.206. The molecule has 1 aromatic heterocycles. The molecule has 0 aliphatic heterocycles. The fourth-order valence-corrected chi connectivity index (χ4v) is 2.19. The van der Waals surface area contributed by atoms with Crippen molar-refractivity contribution in [2.45, 2.75) is 13.8 Å². The summed E-state index contributed by atoms with van der Waals surface area (Å²) >= 11 is 3.34. The third-order valence-electron chi connectivity index (χ3n) is 2.90. The third kappa shape index (κ3) is 2.93. The molecule has 1 heterocycles. The molecule has 0 saturated carbocycles. The fraction of sp³-hybridized carbons (Fsp3) is 0.143. The average molecular weight is 320 g/mol. The highest BCUT2D eigenvalue weighted by Crippen LogP contribution is 2.20. The number of nitrogens with one attached hydrogen (secondary N) is 1. The Morgan fingerprint density at radius 3 is 2.79 bits per heavy atom. The summed E-state index contributed by atoms with van der Waals surface area (Å²) in [7, 11) is 0. The first-order valence-electron chi connectivity index (χ1n) is 5.77. The lowest BCUT2D eigenvalue weighted by Crippen LogP contribution is -2.15. The number of aromatic nitrogens is 1. The van der Waals surface area contributed by atoms with E-state index in [1.807, 2.05) is 19.9 Å². The van der Waals surface area contributed by atoms with Crippen LogP contribution in [0, 0.1) is 13.8 Å².